The van der Waals surface area contributed by atoms with Crippen LogP contribution >= 0.6 is 15.9 Å². The summed E-state index contributed by atoms with van der Waals surface area (Å²) in [7, 11) is 0. The molecule has 1 heterocycles. The SMILES string of the molecule is Cc1cccnc1N(Cc1ccccc1)Cc1ccc(Br)cc1. The molecule has 3 aromatic rings. The zero-order valence-electron chi connectivity index (χ0n) is 13.1. The number of benzene rings is 2. The third-order valence-electron chi connectivity index (χ3n) is 3.78. The second-order valence-electron chi connectivity index (χ2n) is 5.61. The lowest BCUT2D eigenvalue weighted by atomic mass is 10.1. The van der Waals surface area contributed by atoms with E-state index in [0.717, 1.165) is 23.4 Å². The molecule has 0 amide bonds. The van der Waals surface area contributed by atoms with Crippen molar-refractivity contribution in [3.05, 3.63) is 94.1 Å². The highest BCUT2D eigenvalue weighted by Crippen LogP contribution is 2.22. The summed E-state index contributed by atoms with van der Waals surface area (Å²) in [5.41, 5.74) is 3.75. The van der Waals surface area contributed by atoms with Gasteiger partial charge in [-0.1, -0.05) is 64.5 Å². The third-order valence-corrected chi connectivity index (χ3v) is 4.31. The van der Waals surface area contributed by atoms with Gasteiger partial charge < -0.3 is 4.90 Å². The summed E-state index contributed by atoms with van der Waals surface area (Å²) >= 11 is 3.50. The number of halogens is 1. The highest BCUT2D eigenvalue weighted by Gasteiger charge is 2.12. The Labute approximate surface area is 145 Å². The molecular weight excluding hydrogens is 348 g/mol. The molecule has 116 valence electrons. The number of rotatable bonds is 5. The lowest BCUT2D eigenvalue weighted by Gasteiger charge is -2.25. The fraction of sp³-hybridized carbons (Fsp3) is 0.150. The first-order valence-electron chi connectivity index (χ1n) is 7.67. The minimum Gasteiger partial charge on any atom is -0.348 e. The van der Waals surface area contributed by atoms with Crippen molar-refractivity contribution >= 4 is 21.7 Å². The van der Waals surface area contributed by atoms with Crippen molar-refractivity contribution in [2.45, 2.75) is 20.0 Å². The van der Waals surface area contributed by atoms with E-state index >= 15 is 0 Å². The summed E-state index contributed by atoms with van der Waals surface area (Å²) in [5, 5.41) is 0. The first-order chi connectivity index (χ1) is 11.2. The van der Waals surface area contributed by atoms with Gasteiger partial charge in [0, 0.05) is 23.8 Å². The Kier molecular flexibility index (Phi) is 5.09. The van der Waals surface area contributed by atoms with Gasteiger partial charge in [-0.25, -0.2) is 4.98 Å². The fourth-order valence-electron chi connectivity index (χ4n) is 2.63. The molecule has 0 bridgehead atoms. The van der Waals surface area contributed by atoms with Gasteiger partial charge in [0.15, 0.2) is 0 Å². The molecule has 3 rings (SSSR count). The Balaban J connectivity index is 1.89. The van der Waals surface area contributed by atoms with Crippen molar-refractivity contribution in [1.82, 2.24) is 4.98 Å². The van der Waals surface area contributed by atoms with Gasteiger partial charge in [-0.05, 0) is 41.8 Å². The predicted molar refractivity (Wildman–Crippen MR) is 99.4 cm³/mol. The summed E-state index contributed by atoms with van der Waals surface area (Å²) in [5.74, 6) is 1.04. The summed E-state index contributed by atoms with van der Waals surface area (Å²) in [4.78, 5) is 6.93. The van der Waals surface area contributed by atoms with Gasteiger partial charge in [0.2, 0.25) is 0 Å². The molecule has 0 aliphatic carbocycles. The quantitative estimate of drug-likeness (QED) is 0.604. The van der Waals surface area contributed by atoms with E-state index < -0.39 is 0 Å². The van der Waals surface area contributed by atoms with Crippen molar-refractivity contribution in [1.29, 1.82) is 0 Å². The van der Waals surface area contributed by atoms with Crippen molar-refractivity contribution in [2.24, 2.45) is 0 Å². The zero-order chi connectivity index (χ0) is 16.1. The number of hydrogen-bond donors (Lipinski definition) is 0. The molecule has 3 heteroatoms. The number of anilines is 1. The third kappa shape index (κ3) is 4.20. The molecule has 0 radical (unpaired) electrons. The number of aryl methyl sites for hydroxylation is 1. The Hall–Kier alpha value is -2.13. The monoisotopic (exact) mass is 366 g/mol. The highest BCUT2D eigenvalue weighted by molar-refractivity contribution is 9.10. The molecule has 1 aromatic heterocycles. The number of nitrogens with zero attached hydrogens (tertiary/aromatic N) is 2. The smallest absolute Gasteiger partial charge is 0.132 e. The van der Waals surface area contributed by atoms with E-state index in [1.54, 1.807) is 0 Å². The number of aromatic nitrogens is 1. The van der Waals surface area contributed by atoms with E-state index in [9.17, 15) is 0 Å². The van der Waals surface area contributed by atoms with E-state index in [1.165, 1.54) is 16.7 Å². The van der Waals surface area contributed by atoms with Crippen LogP contribution in [0.5, 0.6) is 0 Å². The van der Waals surface area contributed by atoms with Gasteiger partial charge in [0.25, 0.3) is 0 Å². The van der Waals surface area contributed by atoms with Crippen molar-refractivity contribution in [2.75, 3.05) is 4.90 Å². The van der Waals surface area contributed by atoms with E-state index in [1.807, 2.05) is 12.3 Å². The van der Waals surface area contributed by atoms with Crippen molar-refractivity contribution < 1.29 is 0 Å². The molecular formula is C20H19BrN2. The van der Waals surface area contributed by atoms with Gasteiger partial charge >= 0.3 is 0 Å². The molecule has 0 atom stereocenters. The van der Waals surface area contributed by atoms with Gasteiger partial charge in [-0.2, -0.15) is 0 Å². The predicted octanol–water partition coefficient (Wildman–Crippen LogP) is 5.36. The summed E-state index contributed by atoms with van der Waals surface area (Å²) < 4.78 is 1.10. The molecule has 0 fully saturated rings. The second kappa shape index (κ2) is 7.42. The maximum absolute atomic E-state index is 4.61. The van der Waals surface area contributed by atoms with Gasteiger partial charge in [-0.15, -0.1) is 0 Å². The van der Waals surface area contributed by atoms with E-state index in [4.69, 9.17) is 0 Å². The topological polar surface area (TPSA) is 16.1 Å². The lowest BCUT2D eigenvalue weighted by Crippen LogP contribution is -2.24. The Morgan fingerprint density at radius 1 is 0.826 bits per heavy atom. The summed E-state index contributed by atoms with van der Waals surface area (Å²) in [6.07, 6.45) is 1.86. The molecule has 0 saturated carbocycles. The molecule has 0 aliphatic heterocycles. The van der Waals surface area contributed by atoms with Crippen LogP contribution in [0.1, 0.15) is 16.7 Å². The van der Waals surface area contributed by atoms with Crippen LogP contribution in [-0.4, -0.2) is 4.98 Å². The van der Waals surface area contributed by atoms with E-state index in [0.29, 0.717) is 0 Å². The van der Waals surface area contributed by atoms with Crippen LogP contribution in [0.15, 0.2) is 77.4 Å². The van der Waals surface area contributed by atoms with Crippen molar-refractivity contribution in [3.63, 3.8) is 0 Å². The minimum atomic E-state index is 0.833. The van der Waals surface area contributed by atoms with Crippen LogP contribution in [0.25, 0.3) is 0 Å². The molecule has 2 nitrogen and oxygen atoms in total. The van der Waals surface area contributed by atoms with Gasteiger partial charge in [0.05, 0.1) is 0 Å². The summed E-state index contributed by atoms with van der Waals surface area (Å²) in [6.45, 7) is 3.79. The first-order valence-corrected chi connectivity index (χ1v) is 8.46. The van der Waals surface area contributed by atoms with E-state index in [2.05, 4.69) is 93.4 Å². The lowest BCUT2D eigenvalue weighted by molar-refractivity contribution is 0.779. The van der Waals surface area contributed by atoms with Crippen LogP contribution in [0.3, 0.4) is 0 Å². The maximum Gasteiger partial charge on any atom is 0.132 e. The van der Waals surface area contributed by atoms with E-state index in [-0.39, 0.29) is 0 Å². The molecule has 0 unspecified atom stereocenters. The molecule has 0 aliphatic rings. The average molecular weight is 367 g/mol. The number of hydrogen-bond acceptors (Lipinski definition) is 2. The molecule has 0 spiro atoms. The molecule has 23 heavy (non-hydrogen) atoms. The first kappa shape index (κ1) is 15.8. The molecule has 0 saturated heterocycles. The Morgan fingerprint density at radius 2 is 1.48 bits per heavy atom. The van der Waals surface area contributed by atoms with Gasteiger partial charge in [-0.3, -0.25) is 0 Å². The minimum absolute atomic E-state index is 0.833. The van der Waals surface area contributed by atoms with Crippen LogP contribution in [0, 0.1) is 6.92 Å². The zero-order valence-corrected chi connectivity index (χ0v) is 14.7. The maximum atomic E-state index is 4.61. The van der Waals surface area contributed by atoms with Gasteiger partial charge in [0.1, 0.15) is 5.82 Å². The molecule has 2 aromatic carbocycles. The number of pyridine rings is 1. The van der Waals surface area contributed by atoms with Crippen LogP contribution in [-0.2, 0) is 13.1 Å². The van der Waals surface area contributed by atoms with Crippen LogP contribution in [0.4, 0.5) is 5.82 Å². The molecule has 0 N–H and O–H groups in total. The summed E-state index contributed by atoms with van der Waals surface area (Å²) in [6, 6.07) is 23.1. The normalized spacial score (nSPS) is 10.5. The Bertz CT molecular complexity index is 754. The average Bonchev–Trinajstić information content (AvgIpc) is 2.58. The standard InChI is InChI=1S/C20H19BrN2/c1-16-6-5-13-22-20(16)23(14-17-7-3-2-4-8-17)15-18-9-11-19(21)12-10-18/h2-13H,14-15H2,1H3. The highest BCUT2D eigenvalue weighted by atomic mass is 79.9. The largest absolute Gasteiger partial charge is 0.348 e. The van der Waals surface area contributed by atoms with Crippen molar-refractivity contribution in [3.8, 4) is 0 Å². The Morgan fingerprint density at radius 3 is 2.13 bits per heavy atom. The van der Waals surface area contributed by atoms with Crippen LogP contribution < -0.4 is 4.90 Å². The second-order valence-corrected chi connectivity index (χ2v) is 6.53. The van der Waals surface area contributed by atoms with Crippen LogP contribution in [0.2, 0.25) is 0 Å². The fourth-order valence-corrected chi connectivity index (χ4v) is 2.89.